The zero-order valence-electron chi connectivity index (χ0n) is 16.5. The number of hydrogen-bond donors (Lipinski definition) is 0. The van der Waals surface area contributed by atoms with Crippen molar-refractivity contribution in [3.8, 4) is 5.75 Å². The van der Waals surface area contributed by atoms with E-state index in [0.29, 0.717) is 27.1 Å². The molecule has 0 bridgehead atoms. The quantitative estimate of drug-likeness (QED) is 0.294. The maximum atomic E-state index is 12.7. The molecule has 2 aliphatic heterocycles. The van der Waals surface area contributed by atoms with Gasteiger partial charge in [-0.05, 0) is 55.7 Å². The Hall–Kier alpha value is -2.48. The Morgan fingerprint density at radius 1 is 1.23 bits per heavy atom. The standard InChI is InChI=1S/C23H21NO4S2/c1-15-4-8-17(9-5-15)22(26)28-18-10-6-16(7-11-18)13-20-21(25)24(23(29)30-20)14-19-3-2-12-27-19/h4-11,13,19H,2-3,12,14H2,1H3/b20-13-/t19-/m1/s1. The van der Waals surface area contributed by atoms with Crippen LogP contribution in [-0.2, 0) is 9.53 Å². The number of carbonyl (C=O) groups is 2. The van der Waals surface area contributed by atoms with E-state index in [2.05, 4.69) is 0 Å². The SMILES string of the molecule is Cc1ccc(C(=O)Oc2ccc(/C=C3\SC(=S)N(C[C@H]4CCCO4)C3=O)cc2)cc1. The van der Waals surface area contributed by atoms with E-state index in [1.54, 1.807) is 35.2 Å². The molecular formula is C23H21NO4S2. The summed E-state index contributed by atoms with van der Waals surface area (Å²) in [6.45, 7) is 3.22. The molecule has 154 valence electrons. The van der Waals surface area contributed by atoms with Crippen LogP contribution in [0.1, 0.15) is 34.3 Å². The van der Waals surface area contributed by atoms with Crippen LogP contribution in [0, 0.1) is 6.92 Å². The number of rotatable bonds is 5. The van der Waals surface area contributed by atoms with Gasteiger partial charge in [-0.25, -0.2) is 4.79 Å². The third-order valence-corrected chi connectivity index (χ3v) is 6.34. The van der Waals surface area contributed by atoms with Crippen molar-refractivity contribution < 1.29 is 19.1 Å². The van der Waals surface area contributed by atoms with Gasteiger partial charge in [-0.1, -0.05) is 53.8 Å². The van der Waals surface area contributed by atoms with Gasteiger partial charge in [0, 0.05) is 6.61 Å². The smallest absolute Gasteiger partial charge is 0.343 e. The summed E-state index contributed by atoms with van der Waals surface area (Å²) in [7, 11) is 0. The summed E-state index contributed by atoms with van der Waals surface area (Å²) in [5.74, 6) is -0.0446. The predicted molar refractivity (Wildman–Crippen MR) is 121 cm³/mol. The van der Waals surface area contributed by atoms with Gasteiger partial charge in [-0.15, -0.1) is 0 Å². The molecule has 0 spiro atoms. The molecule has 0 saturated carbocycles. The van der Waals surface area contributed by atoms with Gasteiger partial charge in [0.2, 0.25) is 0 Å². The first-order valence-corrected chi connectivity index (χ1v) is 11.0. The second-order valence-corrected chi connectivity index (χ2v) is 8.93. The van der Waals surface area contributed by atoms with Crippen LogP contribution in [0.5, 0.6) is 5.75 Å². The normalized spacial score (nSPS) is 20.2. The summed E-state index contributed by atoms with van der Waals surface area (Å²) in [6, 6.07) is 14.3. The van der Waals surface area contributed by atoms with Gasteiger partial charge in [0.1, 0.15) is 10.1 Å². The van der Waals surface area contributed by atoms with Crippen molar-refractivity contribution in [2.24, 2.45) is 0 Å². The Bertz CT molecular complexity index is 993. The summed E-state index contributed by atoms with van der Waals surface area (Å²) in [5.41, 5.74) is 2.42. The molecule has 0 unspecified atom stereocenters. The molecule has 2 heterocycles. The third-order valence-electron chi connectivity index (χ3n) is 4.96. The maximum Gasteiger partial charge on any atom is 0.343 e. The molecular weight excluding hydrogens is 418 g/mol. The molecule has 2 aromatic rings. The minimum Gasteiger partial charge on any atom is -0.423 e. The Kier molecular flexibility index (Phi) is 6.32. The molecule has 1 amide bonds. The minimum absolute atomic E-state index is 0.0642. The van der Waals surface area contributed by atoms with Crippen molar-refractivity contribution in [2.45, 2.75) is 25.9 Å². The lowest BCUT2D eigenvalue weighted by Crippen LogP contribution is -2.35. The lowest BCUT2D eigenvalue weighted by molar-refractivity contribution is -0.123. The van der Waals surface area contributed by atoms with Gasteiger partial charge in [-0.2, -0.15) is 0 Å². The lowest BCUT2D eigenvalue weighted by Gasteiger charge is -2.18. The van der Waals surface area contributed by atoms with Gasteiger partial charge in [-0.3, -0.25) is 9.69 Å². The first-order chi connectivity index (χ1) is 14.5. The third kappa shape index (κ3) is 4.80. The number of nitrogens with zero attached hydrogens (tertiary/aromatic N) is 1. The second-order valence-electron chi connectivity index (χ2n) is 7.25. The van der Waals surface area contributed by atoms with Crippen molar-refractivity contribution >= 4 is 46.3 Å². The number of ether oxygens (including phenoxy) is 2. The van der Waals surface area contributed by atoms with E-state index < -0.39 is 5.97 Å². The summed E-state index contributed by atoms with van der Waals surface area (Å²) in [5, 5.41) is 0. The van der Waals surface area contributed by atoms with E-state index in [-0.39, 0.29) is 12.0 Å². The molecule has 30 heavy (non-hydrogen) atoms. The Morgan fingerprint density at radius 3 is 2.63 bits per heavy atom. The molecule has 2 fully saturated rings. The van der Waals surface area contributed by atoms with Gasteiger partial charge in [0.25, 0.3) is 5.91 Å². The number of amides is 1. The topological polar surface area (TPSA) is 55.8 Å². The predicted octanol–water partition coefficient (Wildman–Crippen LogP) is 4.59. The first kappa shape index (κ1) is 20.8. The maximum absolute atomic E-state index is 12.7. The van der Waals surface area contributed by atoms with Crippen molar-refractivity contribution in [3.05, 3.63) is 70.1 Å². The van der Waals surface area contributed by atoms with Crippen molar-refractivity contribution in [1.29, 1.82) is 0 Å². The van der Waals surface area contributed by atoms with Crippen molar-refractivity contribution in [3.63, 3.8) is 0 Å². The fourth-order valence-corrected chi connectivity index (χ4v) is 4.56. The Balaban J connectivity index is 1.40. The molecule has 0 N–H and O–H groups in total. The number of benzene rings is 2. The van der Waals surface area contributed by atoms with Crippen molar-refractivity contribution in [1.82, 2.24) is 4.90 Å². The van der Waals surface area contributed by atoms with E-state index in [1.165, 1.54) is 11.8 Å². The highest BCUT2D eigenvalue weighted by molar-refractivity contribution is 8.26. The lowest BCUT2D eigenvalue weighted by atomic mass is 10.1. The molecule has 2 aliphatic rings. The number of esters is 1. The largest absolute Gasteiger partial charge is 0.423 e. The molecule has 4 rings (SSSR count). The van der Waals surface area contributed by atoms with E-state index in [0.717, 1.165) is 30.6 Å². The summed E-state index contributed by atoms with van der Waals surface area (Å²) in [4.78, 5) is 27.2. The summed E-state index contributed by atoms with van der Waals surface area (Å²) < 4.78 is 11.6. The Morgan fingerprint density at radius 2 is 1.97 bits per heavy atom. The minimum atomic E-state index is -0.405. The molecule has 1 atom stereocenters. The molecule has 7 heteroatoms. The molecule has 5 nitrogen and oxygen atoms in total. The second kappa shape index (κ2) is 9.12. The van der Waals surface area contributed by atoms with Crippen LogP contribution < -0.4 is 4.74 Å². The van der Waals surface area contributed by atoms with Gasteiger partial charge in [0.05, 0.1) is 23.1 Å². The van der Waals surface area contributed by atoms with Crippen LogP contribution in [0.3, 0.4) is 0 Å². The highest BCUT2D eigenvalue weighted by Gasteiger charge is 2.34. The zero-order chi connectivity index (χ0) is 21.1. The summed E-state index contributed by atoms with van der Waals surface area (Å²) in [6.07, 6.45) is 3.85. The van der Waals surface area contributed by atoms with Gasteiger partial charge in [0.15, 0.2) is 0 Å². The van der Waals surface area contributed by atoms with Crippen LogP contribution in [0.15, 0.2) is 53.4 Å². The van der Waals surface area contributed by atoms with Crippen LogP contribution in [0.4, 0.5) is 0 Å². The highest BCUT2D eigenvalue weighted by atomic mass is 32.2. The van der Waals surface area contributed by atoms with E-state index >= 15 is 0 Å². The number of aryl methyl sites for hydroxylation is 1. The number of carbonyl (C=O) groups excluding carboxylic acids is 2. The van der Waals surface area contributed by atoms with Crippen LogP contribution in [0.2, 0.25) is 0 Å². The number of thioether (sulfide) groups is 1. The molecule has 2 aromatic carbocycles. The van der Waals surface area contributed by atoms with E-state index in [9.17, 15) is 9.59 Å². The fourth-order valence-electron chi connectivity index (χ4n) is 3.29. The number of hydrogen-bond acceptors (Lipinski definition) is 6. The monoisotopic (exact) mass is 439 g/mol. The van der Waals surface area contributed by atoms with Gasteiger partial charge < -0.3 is 9.47 Å². The average molecular weight is 440 g/mol. The molecule has 0 aliphatic carbocycles. The number of thiocarbonyl (C=S) groups is 1. The zero-order valence-corrected chi connectivity index (χ0v) is 18.1. The van der Waals surface area contributed by atoms with Gasteiger partial charge >= 0.3 is 5.97 Å². The highest BCUT2D eigenvalue weighted by Crippen LogP contribution is 2.33. The summed E-state index contributed by atoms with van der Waals surface area (Å²) >= 11 is 6.68. The average Bonchev–Trinajstić information content (AvgIpc) is 3.34. The van der Waals surface area contributed by atoms with Crippen molar-refractivity contribution in [2.75, 3.05) is 13.2 Å². The molecule has 2 saturated heterocycles. The Labute approximate surface area is 185 Å². The van der Waals surface area contributed by atoms with Crippen LogP contribution in [-0.4, -0.2) is 40.4 Å². The van der Waals surface area contributed by atoms with E-state index in [1.807, 2.05) is 31.2 Å². The van der Waals surface area contributed by atoms with E-state index in [4.69, 9.17) is 21.7 Å². The fraction of sp³-hybridized carbons (Fsp3) is 0.261. The molecule has 0 aromatic heterocycles. The first-order valence-electron chi connectivity index (χ1n) is 9.75. The van der Waals surface area contributed by atoms with Crippen LogP contribution >= 0.6 is 24.0 Å². The van der Waals surface area contributed by atoms with Crippen LogP contribution in [0.25, 0.3) is 6.08 Å². The molecule has 0 radical (unpaired) electrons.